The van der Waals surface area contributed by atoms with Crippen molar-refractivity contribution in [2.24, 2.45) is 0 Å². The standard InChI is InChI=1S/C13H12BrF2NO2/c1-17-12(18)10-5-13(6-15,7-16)19-11-3-2-8(14)4-9(10)11/h2-5H,6-7H2,1H3,(H,17,18). The largest absolute Gasteiger partial charge is 0.477 e. The molecule has 0 saturated heterocycles. The predicted molar refractivity (Wildman–Crippen MR) is 71.5 cm³/mol. The highest BCUT2D eigenvalue weighted by molar-refractivity contribution is 9.10. The van der Waals surface area contributed by atoms with Gasteiger partial charge in [-0.15, -0.1) is 0 Å². The van der Waals surface area contributed by atoms with E-state index in [1.165, 1.54) is 13.1 Å². The van der Waals surface area contributed by atoms with Crippen molar-refractivity contribution in [1.29, 1.82) is 0 Å². The molecule has 0 fully saturated rings. The molecule has 0 radical (unpaired) electrons. The summed E-state index contributed by atoms with van der Waals surface area (Å²) in [6.07, 6.45) is 1.21. The first-order chi connectivity index (χ1) is 9.05. The van der Waals surface area contributed by atoms with Crippen LogP contribution in [0, 0.1) is 0 Å². The minimum absolute atomic E-state index is 0.209. The van der Waals surface area contributed by atoms with E-state index in [-0.39, 0.29) is 5.57 Å². The average molecular weight is 332 g/mol. The zero-order chi connectivity index (χ0) is 14.0. The van der Waals surface area contributed by atoms with Crippen LogP contribution in [0.4, 0.5) is 8.78 Å². The van der Waals surface area contributed by atoms with Crippen molar-refractivity contribution >= 4 is 27.4 Å². The van der Waals surface area contributed by atoms with Gasteiger partial charge in [-0.05, 0) is 24.3 Å². The van der Waals surface area contributed by atoms with Gasteiger partial charge in [0.1, 0.15) is 19.1 Å². The lowest BCUT2D eigenvalue weighted by molar-refractivity contribution is -0.115. The van der Waals surface area contributed by atoms with Crippen LogP contribution in [0.1, 0.15) is 5.56 Å². The van der Waals surface area contributed by atoms with E-state index in [0.29, 0.717) is 11.3 Å². The lowest BCUT2D eigenvalue weighted by Crippen LogP contribution is -2.42. The van der Waals surface area contributed by atoms with E-state index in [9.17, 15) is 13.6 Å². The Balaban J connectivity index is 2.60. The molecule has 1 heterocycles. The van der Waals surface area contributed by atoms with Crippen LogP contribution in [0.25, 0.3) is 5.57 Å². The monoisotopic (exact) mass is 331 g/mol. The molecule has 1 aliphatic heterocycles. The summed E-state index contributed by atoms with van der Waals surface area (Å²) in [6.45, 7) is -2.08. The minimum atomic E-state index is -1.72. The van der Waals surface area contributed by atoms with E-state index in [0.717, 1.165) is 4.47 Å². The summed E-state index contributed by atoms with van der Waals surface area (Å²) >= 11 is 3.29. The fraction of sp³-hybridized carbons (Fsp3) is 0.308. The van der Waals surface area contributed by atoms with E-state index < -0.39 is 24.9 Å². The van der Waals surface area contributed by atoms with Crippen LogP contribution < -0.4 is 10.1 Å². The van der Waals surface area contributed by atoms with Crippen molar-refractivity contribution in [3.8, 4) is 5.75 Å². The summed E-state index contributed by atoms with van der Waals surface area (Å²) in [7, 11) is 1.46. The first-order valence-corrected chi connectivity index (χ1v) is 6.40. The van der Waals surface area contributed by atoms with Crippen LogP contribution in [0.3, 0.4) is 0 Å². The maximum absolute atomic E-state index is 13.1. The SMILES string of the molecule is CNC(=O)C1=CC(CF)(CF)Oc2ccc(Br)cc21. The number of ether oxygens (including phenoxy) is 1. The van der Waals surface area contributed by atoms with Gasteiger partial charge in [-0.2, -0.15) is 0 Å². The number of carbonyl (C=O) groups excluding carboxylic acids is 1. The van der Waals surface area contributed by atoms with E-state index >= 15 is 0 Å². The Hall–Kier alpha value is -1.43. The van der Waals surface area contributed by atoms with E-state index in [2.05, 4.69) is 21.2 Å². The van der Waals surface area contributed by atoms with Crippen molar-refractivity contribution in [1.82, 2.24) is 5.32 Å². The maximum atomic E-state index is 13.1. The first kappa shape index (κ1) is 14.0. The summed E-state index contributed by atoms with van der Waals surface area (Å²) in [5.41, 5.74) is -1.01. The number of likely N-dealkylation sites (N-methyl/N-ethyl adjacent to an activating group) is 1. The summed E-state index contributed by atoms with van der Waals surface area (Å²) in [6, 6.07) is 4.94. The number of halogens is 3. The van der Waals surface area contributed by atoms with Gasteiger partial charge in [0.2, 0.25) is 0 Å². The van der Waals surface area contributed by atoms with Gasteiger partial charge in [0.05, 0.1) is 5.57 Å². The number of benzene rings is 1. The number of rotatable bonds is 3. The Morgan fingerprint density at radius 3 is 2.68 bits per heavy atom. The van der Waals surface area contributed by atoms with Crippen LogP contribution in [0.5, 0.6) is 5.75 Å². The Morgan fingerprint density at radius 1 is 1.42 bits per heavy atom. The topological polar surface area (TPSA) is 38.3 Å². The Bertz CT molecular complexity index is 541. The molecular formula is C13H12BrF2NO2. The predicted octanol–water partition coefficient (Wildman–Crippen LogP) is 2.65. The number of fused-ring (bicyclic) bond motifs is 1. The van der Waals surface area contributed by atoms with E-state index in [4.69, 9.17) is 4.74 Å². The smallest absolute Gasteiger partial charge is 0.251 e. The van der Waals surface area contributed by atoms with Crippen LogP contribution in [0.15, 0.2) is 28.7 Å². The zero-order valence-electron chi connectivity index (χ0n) is 10.2. The Kier molecular flexibility index (Phi) is 3.89. The van der Waals surface area contributed by atoms with Crippen LogP contribution in [-0.4, -0.2) is 31.9 Å². The lowest BCUT2D eigenvalue weighted by Gasteiger charge is -2.32. The van der Waals surface area contributed by atoms with Crippen LogP contribution in [0.2, 0.25) is 0 Å². The summed E-state index contributed by atoms with van der Waals surface area (Å²) < 4.78 is 32.3. The second-order valence-electron chi connectivity index (χ2n) is 4.21. The van der Waals surface area contributed by atoms with Gasteiger partial charge in [0.25, 0.3) is 5.91 Å². The molecule has 0 unspecified atom stereocenters. The Morgan fingerprint density at radius 2 is 2.11 bits per heavy atom. The van der Waals surface area contributed by atoms with Gasteiger partial charge in [-0.1, -0.05) is 15.9 Å². The fourth-order valence-electron chi connectivity index (χ4n) is 1.88. The molecule has 0 atom stereocenters. The fourth-order valence-corrected chi connectivity index (χ4v) is 2.24. The first-order valence-electron chi connectivity index (χ1n) is 5.61. The molecule has 1 aromatic carbocycles. The highest BCUT2D eigenvalue weighted by Gasteiger charge is 2.37. The number of hydrogen-bond acceptors (Lipinski definition) is 2. The molecule has 0 spiro atoms. The molecule has 0 aliphatic carbocycles. The number of nitrogens with one attached hydrogen (secondary N) is 1. The van der Waals surface area contributed by atoms with Crippen molar-refractivity contribution in [3.63, 3.8) is 0 Å². The number of amides is 1. The van der Waals surface area contributed by atoms with Crippen molar-refractivity contribution in [3.05, 3.63) is 34.3 Å². The zero-order valence-corrected chi connectivity index (χ0v) is 11.8. The third-order valence-electron chi connectivity index (χ3n) is 2.88. The molecular weight excluding hydrogens is 320 g/mol. The van der Waals surface area contributed by atoms with E-state index in [1.807, 2.05) is 0 Å². The second kappa shape index (κ2) is 5.28. The van der Waals surface area contributed by atoms with Gasteiger partial charge in [0.15, 0.2) is 5.60 Å². The second-order valence-corrected chi connectivity index (χ2v) is 5.13. The molecule has 3 nitrogen and oxygen atoms in total. The molecule has 0 aromatic heterocycles. The van der Waals surface area contributed by atoms with Gasteiger partial charge in [-0.3, -0.25) is 4.79 Å². The summed E-state index contributed by atoms with van der Waals surface area (Å²) in [5.74, 6) is -0.117. The quantitative estimate of drug-likeness (QED) is 0.924. The number of carbonyl (C=O) groups is 1. The van der Waals surface area contributed by atoms with Crippen LogP contribution >= 0.6 is 15.9 Å². The molecule has 6 heteroatoms. The molecule has 102 valence electrons. The molecule has 2 rings (SSSR count). The van der Waals surface area contributed by atoms with Crippen molar-refractivity contribution < 1.29 is 18.3 Å². The number of hydrogen-bond donors (Lipinski definition) is 1. The van der Waals surface area contributed by atoms with Crippen LogP contribution in [-0.2, 0) is 4.79 Å². The normalized spacial score (nSPS) is 16.1. The molecule has 1 amide bonds. The van der Waals surface area contributed by atoms with E-state index in [1.54, 1.807) is 18.2 Å². The number of alkyl halides is 2. The molecule has 0 saturated carbocycles. The molecule has 1 aromatic rings. The molecule has 1 aliphatic rings. The lowest BCUT2D eigenvalue weighted by atomic mass is 9.93. The van der Waals surface area contributed by atoms with Crippen molar-refractivity contribution in [2.45, 2.75) is 5.60 Å². The maximum Gasteiger partial charge on any atom is 0.251 e. The third kappa shape index (κ3) is 2.49. The Labute approximate surface area is 117 Å². The van der Waals surface area contributed by atoms with Gasteiger partial charge >= 0.3 is 0 Å². The minimum Gasteiger partial charge on any atom is -0.477 e. The van der Waals surface area contributed by atoms with Gasteiger partial charge in [-0.25, -0.2) is 8.78 Å². The van der Waals surface area contributed by atoms with Gasteiger partial charge < -0.3 is 10.1 Å². The third-order valence-corrected chi connectivity index (χ3v) is 3.37. The highest BCUT2D eigenvalue weighted by Crippen LogP contribution is 2.38. The summed E-state index contributed by atoms with van der Waals surface area (Å²) in [4.78, 5) is 11.9. The molecule has 19 heavy (non-hydrogen) atoms. The highest BCUT2D eigenvalue weighted by atomic mass is 79.9. The van der Waals surface area contributed by atoms with Crippen molar-refractivity contribution in [2.75, 3.05) is 20.4 Å². The molecule has 0 bridgehead atoms. The molecule has 1 N–H and O–H groups in total. The van der Waals surface area contributed by atoms with Gasteiger partial charge in [0, 0.05) is 17.1 Å². The average Bonchev–Trinajstić information content (AvgIpc) is 2.45. The summed E-state index contributed by atoms with van der Waals surface area (Å²) in [5, 5.41) is 2.46.